The number of morpholine rings is 1. The Labute approximate surface area is 141 Å². The third kappa shape index (κ3) is 2.78. The van der Waals surface area contributed by atoms with Gasteiger partial charge in [-0.15, -0.1) is 0 Å². The van der Waals surface area contributed by atoms with Gasteiger partial charge in [-0.05, 0) is 25.1 Å². The van der Waals surface area contributed by atoms with Gasteiger partial charge in [-0.2, -0.15) is 13.2 Å². The number of carbonyl (C=O) groups excluding carboxylic acids is 3. The standard InChI is InChI=1S/C16H15F3N2O4/c1-8-12(16(17,18)19)21(5-6-25-8)13(22)9-3-4-10-11(7-9)15(24)20(2)14(10)23/h3-4,7-8,12H,5-6H2,1-2H3/t8-,12-/m0/s1. The summed E-state index contributed by atoms with van der Waals surface area (Å²) in [5.74, 6) is -1.94. The van der Waals surface area contributed by atoms with Crippen molar-refractivity contribution in [3.05, 3.63) is 34.9 Å². The highest BCUT2D eigenvalue weighted by molar-refractivity contribution is 6.21. The number of carbonyl (C=O) groups is 3. The largest absolute Gasteiger partial charge is 0.411 e. The summed E-state index contributed by atoms with van der Waals surface area (Å²) in [5.41, 5.74) is 0.0773. The Morgan fingerprint density at radius 3 is 2.48 bits per heavy atom. The van der Waals surface area contributed by atoms with E-state index in [0.29, 0.717) is 4.90 Å². The number of amides is 3. The third-order valence-corrected chi connectivity index (χ3v) is 4.43. The SMILES string of the molecule is C[C@@H]1OCCN(C(=O)c2ccc3c(c2)C(=O)N(C)C3=O)[C@@H]1C(F)(F)F. The van der Waals surface area contributed by atoms with Crippen molar-refractivity contribution in [1.82, 2.24) is 9.80 Å². The van der Waals surface area contributed by atoms with Crippen LogP contribution < -0.4 is 0 Å². The van der Waals surface area contributed by atoms with Gasteiger partial charge < -0.3 is 9.64 Å². The molecule has 0 radical (unpaired) electrons. The van der Waals surface area contributed by atoms with E-state index in [1.54, 1.807) is 0 Å². The highest BCUT2D eigenvalue weighted by Crippen LogP contribution is 2.32. The Bertz CT molecular complexity index is 762. The molecule has 134 valence electrons. The molecular weight excluding hydrogens is 341 g/mol. The van der Waals surface area contributed by atoms with Crippen LogP contribution in [-0.4, -0.2) is 66.0 Å². The van der Waals surface area contributed by atoms with Crippen LogP contribution in [0, 0.1) is 0 Å². The van der Waals surface area contributed by atoms with Gasteiger partial charge in [0.1, 0.15) is 0 Å². The normalized spacial score (nSPS) is 23.9. The molecule has 0 spiro atoms. The average molecular weight is 356 g/mol. The van der Waals surface area contributed by atoms with Crippen LogP contribution in [0.25, 0.3) is 0 Å². The zero-order chi connectivity index (χ0) is 18.5. The smallest absolute Gasteiger partial charge is 0.374 e. The minimum atomic E-state index is -4.64. The van der Waals surface area contributed by atoms with Crippen LogP contribution in [0.15, 0.2) is 18.2 Å². The van der Waals surface area contributed by atoms with Crippen LogP contribution in [0.4, 0.5) is 13.2 Å². The number of benzene rings is 1. The highest BCUT2D eigenvalue weighted by Gasteiger charge is 2.51. The van der Waals surface area contributed by atoms with Crippen LogP contribution >= 0.6 is 0 Å². The summed E-state index contributed by atoms with van der Waals surface area (Å²) in [7, 11) is 1.30. The molecular formula is C16H15F3N2O4. The number of hydrogen-bond acceptors (Lipinski definition) is 4. The lowest BCUT2D eigenvalue weighted by molar-refractivity contribution is -0.220. The molecule has 0 N–H and O–H groups in total. The minimum absolute atomic E-state index is 0.00934. The number of rotatable bonds is 1. The second kappa shape index (κ2) is 5.83. The van der Waals surface area contributed by atoms with E-state index < -0.39 is 36.0 Å². The zero-order valence-corrected chi connectivity index (χ0v) is 13.5. The molecule has 2 aliphatic rings. The van der Waals surface area contributed by atoms with E-state index >= 15 is 0 Å². The Balaban J connectivity index is 1.96. The minimum Gasteiger partial charge on any atom is -0.374 e. The molecule has 2 heterocycles. The van der Waals surface area contributed by atoms with Crippen LogP contribution in [-0.2, 0) is 4.74 Å². The molecule has 25 heavy (non-hydrogen) atoms. The van der Waals surface area contributed by atoms with Crippen molar-refractivity contribution in [2.45, 2.75) is 25.2 Å². The first-order valence-electron chi connectivity index (χ1n) is 7.58. The second-order valence-electron chi connectivity index (χ2n) is 5.99. The zero-order valence-electron chi connectivity index (χ0n) is 13.5. The van der Waals surface area contributed by atoms with E-state index in [-0.39, 0.29) is 29.8 Å². The summed E-state index contributed by atoms with van der Waals surface area (Å²) in [5, 5.41) is 0. The molecule has 2 atom stereocenters. The first-order chi connectivity index (χ1) is 11.6. The lowest BCUT2D eigenvalue weighted by Crippen LogP contribution is -2.59. The molecule has 0 unspecified atom stereocenters. The monoisotopic (exact) mass is 356 g/mol. The summed E-state index contributed by atoms with van der Waals surface area (Å²) in [4.78, 5) is 38.1. The van der Waals surface area contributed by atoms with Gasteiger partial charge in [0.25, 0.3) is 17.7 Å². The van der Waals surface area contributed by atoms with Crippen LogP contribution in [0.2, 0.25) is 0 Å². The van der Waals surface area contributed by atoms with Gasteiger partial charge in [-0.1, -0.05) is 0 Å². The summed E-state index contributed by atoms with van der Waals surface area (Å²) in [6.07, 6.45) is -5.83. The fourth-order valence-electron chi connectivity index (χ4n) is 3.15. The first kappa shape index (κ1) is 17.4. The van der Waals surface area contributed by atoms with E-state index in [0.717, 1.165) is 4.90 Å². The van der Waals surface area contributed by atoms with Crippen molar-refractivity contribution in [2.24, 2.45) is 0 Å². The number of hydrogen-bond donors (Lipinski definition) is 0. The van der Waals surface area contributed by atoms with E-state index in [4.69, 9.17) is 4.74 Å². The van der Waals surface area contributed by atoms with Crippen molar-refractivity contribution in [3.63, 3.8) is 0 Å². The molecule has 0 aliphatic carbocycles. The Kier molecular flexibility index (Phi) is 4.06. The Morgan fingerprint density at radius 2 is 1.84 bits per heavy atom. The maximum atomic E-state index is 13.3. The van der Waals surface area contributed by atoms with E-state index in [1.807, 2.05) is 0 Å². The van der Waals surface area contributed by atoms with E-state index in [1.165, 1.54) is 32.2 Å². The number of nitrogens with zero attached hydrogens (tertiary/aromatic N) is 2. The Hall–Kier alpha value is -2.42. The average Bonchev–Trinajstić information content (AvgIpc) is 2.77. The van der Waals surface area contributed by atoms with Gasteiger partial charge in [-0.25, -0.2) is 0 Å². The maximum absolute atomic E-state index is 13.3. The van der Waals surface area contributed by atoms with E-state index in [9.17, 15) is 27.6 Å². The Morgan fingerprint density at radius 1 is 1.20 bits per heavy atom. The molecule has 3 rings (SSSR count). The predicted molar refractivity (Wildman–Crippen MR) is 79.2 cm³/mol. The topological polar surface area (TPSA) is 66.9 Å². The molecule has 2 aliphatic heterocycles. The highest BCUT2D eigenvalue weighted by atomic mass is 19.4. The molecule has 0 bridgehead atoms. The van der Waals surface area contributed by atoms with Crippen molar-refractivity contribution in [2.75, 3.05) is 20.2 Å². The fourth-order valence-corrected chi connectivity index (χ4v) is 3.15. The van der Waals surface area contributed by atoms with Gasteiger partial charge in [0, 0.05) is 19.2 Å². The quantitative estimate of drug-likeness (QED) is 0.719. The van der Waals surface area contributed by atoms with Crippen molar-refractivity contribution < 1.29 is 32.3 Å². The third-order valence-electron chi connectivity index (χ3n) is 4.43. The number of imide groups is 1. The van der Waals surface area contributed by atoms with Gasteiger partial charge in [0.2, 0.25) is 0 Å². The summed E-state index contributed by atoms with van der Waals surface area (Å²) < 4.78 is 45.0. The van der Waals surface area contributed by atoms with Crippen molar-refractivity contribution in [1.29, 1.82) is 0 Å². The number of ether oxygens (including phenoxy) is 1. The molecule has 1 saturated heterocycles. The summed E-state index contributed by atoms with van der Waals surface area (Å²) in [6, 6.07) is 1.66. The van der Waals surface area contributed by atoms with Crippen LogP contribution in [0.1, 0.15) is 38.0 Å². The van der Waals surface area contributed by atoms with Crippen molar-refractivity contribution >= 4 is 17.7 Å². The molecule has 0 saturated carbocycles. The number of halogens is 3. The van der Waals surface area contributed by atoms with E-state index in [2.05, 4.69) is 0 Å². The van der Waals surface area contributed by atoms with Gasteiger partial charge in [0.15, 0.2) is 6.04 Å². The summed E-state index contributed by atoms with van der Waals surface area (Å²) in [6.45, 7) is 1.04. The molecule has 1 aromatic rings. The summed E-state index contributed by atoms with van der Waals surface area (Å²) >= 11 is 0. The molecule has 1 aromatic carbocycles. The fraction of sp³-hybridized carbons (Fsp3) is 0.438. The first-order valence-corrected chi connectivity index (χ1v) is 7.58. The van der Waals surface area contributed by atoms with Gasteiger partial charge in [0.05, 0.1) is 23.8 Å². The maximum Gasteiger partial charge on any atom is 0.411 e. The molecule has 3 amide bonds. The lowest BCUT2D eigenvalue weighted by atomic mass is 10.0. The molecule has 6 nitrogen and oxygen atoms in total. The van der Waals surface area contributed by atoms with Gasteiger partial charge >= 0.3 is 6.18 Å². The predicted octanol–water partition coefficient (Wildman–Crippen LogP) is 1.70. The molecule has 9 heteroatoms. The van der Waals surface area contributed by atoms with Gasteiger partial charge in [-0.3, -0.25) is 19.3 Å². The lowest BCUT2D eigenvalue weighted by Gasteiger charge is -2.40. The second-order valence-corrected chi connectivity index (χ2v) is 5.99. The van der Waals surface area contributed by atoms with Crippen molar-refractivity contribution in [3.8, 4) is 0 Å². The molecule has 0 aromatic heterocycles. The molecule has 1 fully saturated rings. The number of alkyl halides is 3. The van der Waals surface area contributed by atoms with Crippen LogP contribution in [0.5, 0.6) is 0 Å². The van der Waals surface area contributed by atoms with Crippen LogP contribution in [0.3, 0.4) is 0 Å². The number of fused-ring (bicyclic) bond motifs is 1.